The first-order chi connectivity index (χ1) is 7.99. The number of benzene rings is 1. The first-order valence-corrected chi connectivity index (χ1v) is 5.85. The van der Waals surface area contributed by atoms with Crippen LogP contribution in [-0.2, 0) is 7.05 Å². The SMILES string of the molecule is Cc1ccc(C(=O)c2cn(C)[nH]c2=O)c(Br)c1. The van der Waals surface area contributed by atoms with E-state index < -0.39 is 0 Å². The predicted octanol–water partition coefficient (Wildman–Crippen LogP) is 2.02. The van der Waals surface area contributed by atoms with Crippen LogP contribution in [0.3, 0.4) is 0 Å². The highest BCUT2D eigenvalue weighted by molar-refractivity contribution is 9.10. The Kier molecular flexibility index (Phi) is 3.02. The third-order valence-electron chi connectivity index (χ3n) is 2.46. The van der Waals surface area contributed by atoms with Gasteiger partial charge in [0.1, 0.15) is 5.56 Å². The maximum Gasteiger partial charge on any atom is 0.275 e. The molecule has 4 nitrogen and oxygen atoms in total. The van der Waals surface area contributed by atoms with Crippen LogP contribution in [0.15, 0.2) is 33.7 Å². The number of halogens is 1. The summed E-state index contributed by atoms with van der Waals surface area (Å²) in [6.07, 6.45) is 1.50. The van der Waals surface area contributed by atoms with Gasteiger partial charge in [-0.1, -0.05) is 22.0 Å². The molecule has 0 amide bonds. The summed E-state index contributed by atoms with van der Waals surface area (Å²) in [4.78, 5) is 23.7. The summed E-state index contributed by atoms with van der Waals surface area (Å²) in [7, 11) is 1.67. The van der Waals surface area contributed by atoms with Crippen molar-refractivity contribution in [2.45, 2.75) is 6.92 Å². The largest absolute Gasteiger partial charge is 0.295 e. The molecule has 0 radical (unpaired) electrons. The second-order valence-electron chi connectivity index (χ2n) is 3.91. The van der Waals surface area contributed by atoms with Gasteiger partial charge in [-0.3, -0.25) is 19.4 Å². The molecular weight excluding hydrogens is 284 g/mol. The monoisotopic (exact) mass is 294 g/mol. The number of ketones is 1. The van der Waals surface area contributed by atoms with E-state index in [1.165, 1.54) is 10.9 Å². The number of aromatic nitrogens is 2. The summed E-state index contributed by atoms with van der Waals surface area (Å²) in [5.41, 5.74) is 1.32. The highest BCUT2D eigenvalue weighted by Gasteiger charge is 2.17. The van der Waals surface area contributed by atoms with Crippen molar-refractivity contribution in [1.29, 1.82) is 0 Å². The molecule has 0 saturated carbocycles. The van der Waals surface area contributed by atoms with Gasteiger partial charge in [-0.15, -0.1) is 0 Å². The molecule has 0 aliphatic carbocycles. The average Bonchev–Trinajstić information content (AvgIpc) is 2.57. The summed E-state index contributed by atoms with van der Waals surface area (Å²) in [6, 6.07) is 5.41. The minimum atomic E-state index is -0.370. The summed E-state index contributed by atoms with van der Waals surface area (Å²) < 4.78 is 2.17. The van der Waals surface area contributed by atoms with E-state index in [1.54, 1.807) is 13.1 Å². The van der Waals surface area contributed by atoms with E-state index >= 15 is 0 Å². The Bertz CT molecular complexity index is 640. The van der Waals surface area contributed by atoms with Crippen LogP contribution in [0.1, 0.15) is 21.5 Å². The molecule has 0 fully saturated rings. The summed E-state index contributed by atoms with van der Waals surface area (Å²) in [5, 5.41) is 2.51. The summed E-state index contributed by atoms with van der Waals surface area (Å²) in [6.45, 7) is 1.94. The Morgan fingerprint density at radius 3 is 2.59 bits per heavy atom. The van der Waals surface area contributed by atoms with Gasteiger partial charge in [0, 0.05) is 23.3 Å². The number of hydrogen-bond acceptors (Lipinski definition) is 2. The fourth-order valence-corrected chi connectivity index (χ4v) is 2.29. The van der Waals surface area contributed by atoms with E-state index in [0.29, 0.717) is 10.0 Å². The second kappa shape index (κ2) is 4.33. The maximum atomic E-state index is 12.1. The van der Waals surface area contributed by atoms with E-state index in [4.69, 9.17) is 0 Å². The van der Waals surface area contributed by atoms with E-state index in [-0.39, 0.29) is 16.9 Å². The lowest BCUT2D eigenvalue weighted by Crippen LogP contribution is -2.13. The van der Waals surface area contributed by atoms with Gasteiger partial charge in [-0.05, 0) is 24.6 Å². The quantitative estimate of drug-likeness (QED) is 0.862. The predicted molar refractivity (Wildman–Crippen MR) is 68.3 cm³/mol. The molecule has 0 aliphatic rings. The minimum absolute atomic E-state index is 0.150. The van der Waals surface area contributed by atoms with Crippen LogP contribution in [0.4, 0.5) is 0 Å². The zero-order chi connectivity index (χ0) is 12.6. The van der Waals surface area contributed by atoms with Crippen molar-refractivity contribution in [2.24, 2.45) is 7.05 Å². The molecule has 0 bridgehead atoms. The van der Waals surface area contributed by atoms with Crippen LogP contribution in [0, 0.1) is 6.92 Å². The smallest absolute Gasteiger partial charge is 0.275 e. The number of H-pyrrole nitrogens is 1. The lowest BCUT2D eigenvalue weighted by molar-refractivity contribution is 0.103. The number of carbonyl (C=O) groups is 1. The molecule has 1 heterocycles. The molecular formula is C12H11BrN2O2. The van der Waals surface area contributed by atoms with Crippen molar-refractivity contribution >= 4 is 21.7 Å². The van der Waals surface area contributed by atoms with Gasteiger partial charge in [0.25, 0.3) is 5.56 Å². The Balaban J connectivity index is 2.51. The Morgan fingerprint density at radius 2 is 2.06 bits per heavy atom. The molecule has 2 aromatic rings. The molecule has 1 N–H and O–H groups in total. The van der Waals surface area contributed by atoms with Crippen molar-refractivity contribution in [3.63, 3.8) is 0 Å². The standard InChI is InChI=1S/C12H11BrN2O2/c1-7-3-4-8(10(13)5-7)11(16)9-6-15(2)14-12(9)17/h3-6H,1-2H3,(H,14,17). The molecule has 0 unspecified atom stereocenters. The molecule has 0 aliphatic heterocycles. The van der Waals surface area contributed by atoms with Gasteiger partial charge >= 0.3 is 0 Å². The molecule has 17 heavy (non-hydrogen) atoms. The number of rotatable bonds is 2. The van der Waals surface area contributed by atoms with Gasteiger partial charge in [-0.2, -0.15) is 0 Å². The number of aromatic amines is 1. The third kappa shape index (κ3) is 2.24. The average molecular weight is 295 g/mol. The van der Waals surface area contributed by atoms with Crippen molar-refractivity contribution in [2.75, 3.05) is 0 Å². The second-order valence-corrected chi connectivity index (χ2v) is 4.76. The highest BCUT2D eigenvalue weighted by atomic mass is 79.9. The minimum Gasteiger partial charge on any atom is -0.295 e. The molecule has 5 heteroatoms. The number of hydrogen-bond donors (Lipinski definition) is 1. The topological polar surface area (TPSA) is 54.9 Å². The Labute approximate surface area is 106 Å². The third-order valence-corrected chi connectivity index (χ3v) is 3.12. The van der Waals surface area contributed by atoms with E-state index in [0.717, 1.165) is 5.56 Å². The van der Waals surface area contributed by atoms with Crippen molar-refractivity contribution in [3.05, 3.63) is 55.9 Å². The van der Waals surface area contributed by atoms with Crippen LogP contribution >= 0.6 is 15.9 Å². The van der Waals surface area contributed by atoms with Crippen molar-refractivity contribution < 1.29 is 4.79 Å². The number of nitrogens with one attached hydrogen (secondary N) is 1. The highest BCUT2D eigenvalue weighted by Crippen LogP contribution is 2.20. The number of nitrogens with zero attached hydrogens (tertiary/aromatic N) is 1. The number of carbonyl (C=O) groups excluding carboxylic acids is 1. The molecule has 1 aromatic carbocycles. The zero-order valence-electron chi connectivity index (χ0n) is 9.45. The molecule has 88 valence electrons. The molecule has 0 saturated heterocycles. The van der Waals surface area contributed by atoms with Gasteiger partial charge in [-0.25, -0.2) is 0 Å². The van der Waals surface area contributed by atoms with E-state index in [1.807, 2.05) is 19.1 Å². The summed E-state index contributed by atoms with van der Waals surface area (Å²) in [5.74, 6) is -0.279. The van der Waals surface area contributed by atoms with Crippen LogP contribution in [0.25, 0.3) is 0 Å². The van der Waals surface area contributed by atoms with Crippen molar-refractivity contribution in [3.8, 4) is 0 Å². The fourth-order valence-electron chi connectivity index (χ4n) is 1.62. The van der Waals surface area contributed by atoms with E-state index in [9.17, 15) is 9.59 Å². The lowest BCUT2D eigenvalue weighted by Gasteiger charge is -2.02. The van der Waals surface area contributed by atoms with Gasteiger partial charge in [0.15, 0.2) is 0 Å². The van der Waals surface area contributed by atoms with E-state index in [2.05, 4.69) is 21.0 Å². The molecule has 0 atom stereocenters. The van der Waals surface area contributed by atoms with Crippen LogP contribution < -0.4 is 5.56 Å². The van der Waals surface area contributed by atoms with Gasteiger partial charge in [0.2, 0.25) is 5.78 Å². The van der Waals surface area contributed by atoms with Gasteiger partial charge in [0.05, 0.1) is 0 Å². The van der Waals surface area contributed by atoms with Crippen LogP contribution in [-0.4, -0.2) is 15.6 Å². The molecule has 2 rings (SSSR count). The maximum absolute atomic E-state index is 12.1. The molecule has 1 aromatic heterocycles. The Morgan fingerprint density at radius 1 is 1.35 bits per heavy atom. The van der Waals surface area contributed by atoms with Crippen LogP contribution in [0.2, 0.25) is 0 Å². The van der Waals surface area contributed by atoms with Gasteiger partial charge < -0.3 is 0 Å². The number of aryl methyl sites for hydroxylation is 2. The lowest BCUT2D eigenvalue weighted by atomic mass is 10.0. The molecule has 0 spiro atoms. The first-order valence-electron chi connectivity index (χ1n) is 5.05. The van der Waals surface area contributed by atoms with Crippen molar-refractivity contribution in [1.82, 2.24) is 9.78 Å². The first kappa shape index (κ1) is 11.9. The normalized spacial score (nSPS) is 10.5. The fraction of sp³-hybridized carbons (Fsp3) is 0.167. The zero-order valence-corrected chi connectivity index (χ0v) is 11.0. The summed E-state index contributed by atoms with van der Waals surface area (Å²) >= 11 is 3.34. The van der Waals surface area contributed by atoms with Crippen LogP contribution in [0.5, 0.6) is 0 Å². The Hall–Kier alpha value is -1.62.